The van der Waals surface area contributed by atoms with Crippen molar-refractivity contribution in [2.75, 3.05) is 12.3 Å². The highest BCUT2D eigenvalue weighted by Gasteiger charge is 2.31. The van der Waals surface area contributed by atoms with Crippen molar-refractivity contribution in [3.8, 4) is 5.75 Å². The third kappa shape index (κ3) is 7.31. The Kier molecular flexibility index (Phi) is 8.91. The zero-order chi connectivity index (χ0) is 22.9. The van der Waals surface area contributed by atoms with Crippen LogP contribution >= 0.6 is 0 Å². The number of nitrogens with one attached hydrogen (secondary N) is 1. The third-order valence-electron chi connectivity index (χ3n) is 4.98. The number of anilines is 1. The van der Waals surface area contributed by atoms with Crippen LogP contribution in [-0.2, 0) is 20.7 Å². The van der Waals surface area contributed by atoms with Gasteiger partial charge in [-0.3, -0.25) is 4.79 Å². The van der Waals surface area contributed by atoms with Crippen molar-refractivity contribution in [2.45, 2.75) is 65.0 Å². The van der Waals surface area contributed by atoms with Gasteiger partial charge in [-0.05, 0) is 56.5 Å². The Balaban J connectivity index is 2.01. The molecule has 31 heavy (non-hydrogen) atoms. The van der Waals surface area contributed by atoms with Gasteiger partial charge in [0.25, 0.3) is 0 Å². The average Bonchev–Trinajstić information content (AvgIpc) is 2.73. The lowest BCUT2D eigenvalue weighted by Crippen LogP contribution is -2.39. The van der Waals surface area contributed by atoms with Crippen LogP contribution in [-0.4, -0.2) is 24.1 Å². The maximum Gasteiger partial charge on any atom is 0.349 e. The van der Waals surface area contributed by atoms with Crippen LogP contribution in [0.15, 0.2) is 48.5 Å². The molecule has 0 fully saturated rings. The summed E-state index contributed by atoms with van der Waals surface area (Å²) in [5, 5.41) is 3.13. The maximum absolute atomic E-state index is 12.7. The second-order valence-electron chi connectivity index (χ2n) is 8.04. The van der Waals surface area contributed by atoms with E-state index < -0.39 is 11.6 Å². The quantitative estimate of drug-likeness (QED) is 0.405. The molecule has 1 atom stereocenters. The van der Waals surface area contributed by atoms with Gasteiger partial charge in [-0.15, -0.1) is 0 Å². The van der Waals surface area contributed by atoms with Gasteiger partial charge in [0.15, 0.2) is 5.60 Å². The fourth-order valence-corrected chi connectivity index (χ4v) is 3.29. The lowest BCUT2D eigenvalue weighted by molar-refractivity contribution is -0.158. The van der Waals surface area contributed by atoms with Crippen molar-refractivity contribution in [3.63, 3.8) is 0 Å². The number of carbonyl (C=O) groups excluding carboxylic acids is 2. The number of unbranched alkanes of at least 4 members (excludes halogenated alkanes) is 1. The molecule has 6 nitrogen and oxygen atoms in total. The molecule has 0 aliphatic heterocycles. The van der Waals surface area contributed by atoms with Crippen LogP contribution in [0.25, 0.3) is 0 Å². The number of nitrogens with two attached hydrogens (primary N) is 1. The topological polar surface area (TPSA) is 90.6 Å². The SMILES string of the molecule is CCCCC(NC(=O)Cc1ccc(OC(C)(C)C(=O)OCC)cc1)c1ccccc1N. The minimum absolute atomic E-state index is 0.0649. The van der Waals surface area contributed by atoms with Gasteiger partial charge in [-0.2, -0.15) is 0 Å². The van der Waals surface area contributed by atoms with Crippen LogP contribution < -0.4 is 15.8 Å². The molecule has 2 rings (SSSR count). The second kappa shape index (κ2) is 11.4. The molecule has 1 amide bonds. The lowest BCUT2D eigenvalue weighted by atomic mass is 9.99. The van der Waals surface area contributed by atoms with Crippen LogP contribution in [0, 0.1) is 0 Å². The van der Waals surface area contributed by atoms with E-state index in [1.54, 1.807) is 32.9 Å². The minimum Gasteiger partial charge on any atom is -0.476 e. The highest BCUT2D eigenvalue weighted by atomic mass is 16.6. The molecule has 0 heterocycles. The van der Waals surface area contributed by atoms with Gasteiger partial charge in [0, 0.05) is 5.69 Å². The molecule has 168 valence electrons. The number of hydrogen-bond donors (Lipinski definition) is 2. The molecule has 2 aromatic carbocycles. The summed E-state index contributed by atoms with van der Waals surface area (Å²) in [6, 6.07) is 14.7. The summed E-state index contributed by atoms with van der Waals surface area (Å²) in [5.74, 6) is 0.0572. The zero-order valence-electron chi connectivity index (χ0n) is 18.9. The molecule has 2 aromatic rings. The van der Waals surface area contributed by atoms with E-state index in [0.29, 0.717) is 18.0 Å². The van der Waals surface area contributed by atoms with Crippen molar-refractivity contribution in [2.24, 2.45) is 0 Å². The monoisotopic (exact) mass is 426 g/mol. The van der Waals surface area contributed by atoms with Crippen molar-refractivity contribution >= 4 is 17.6 Å². The number of amides is 1. The van der Waals surface area contributed by atoms with E-state index >= 15 is 0 Å². The molecule has 3 N–H and O–H groups in total. The van der Waals surface area contributed by atoms with E-state index in [4.69, 9.17) is 15.2 Å². The van der Waals surface area contributed by atoms with Gasteiger partial charge in [-0.1, -0.05) is 50.1 Å². The number of hydrogen-bond acceptors (Lipinski definition) is 5. The number of benzene rings is 2. The first-order chi connectivity index (χ1) is 14.8. The Bertz CT molecular complexity index is 862. The smallest absolute Gasteiger partial charge is 0.349 e. The third-order valence-corrected chi connectivity index (χ3v) is 4.98. The molecule has 0 bridgehead atoms. The van der Waals surface area contributed by atoms with Crippen molar-refractivity contribution in [3.05, 3.63) is 59.7 Å². The van der Waals surface area contributed by atoms with Crippen LogP contribution in [0.2, 0.25) is 0 Å². The number of esters is 1. The molecule has 0 spiro atoms. The highest BCUT2D eigenvalue weighted by Crippen LogP contribution is 2.25. The normalized spacial score (nSPS) is 12.1. The molecule has 0 aliphatic rings. The first kappa shape index (κ1) is 24.3. The first-order valence-corrected chi connectivity index (χ1v) is 10.9. The summed E-state index contributed by atoms with van der Waals surface area (Å²) in [5.41, 5.74) is 7.54. The van der Waals surface area contributed by atoms with Gasteiger partial charge in [0.1, 0.15) is 5.75 Å². The lowest BCUT2D eigenvalue weighted by Gasteiger charge is -2.24. The summed E-state index contributed by atoms with van der Waals surface area (Å²) < 4.78 is 10.8. The van der Waals surface area contributed by atoms with Gasteiger partial charge >= 0.3 is 5.97 Å². The molecule has 1 unspecified atom stereocenters. The highest BCUT2D eigenvalue weighted by molar-refractivity contribution is 5.80. The number of carbonyl (C=O) groups is 2. The Morgan fingerprint density at radius 1 is 1.06 bits per heavy atom. The summed E-state index contributed by atoms with van der Waals surface area (Å²) in [6.07, 6.45) is 3.13. The largest absolute Gasteiger partial charge is 0.476 e. The van der Waals surface area contributed by atoms with E-state index in [1.807, 2.05) is 36.4 Å². The van der Waals surface area contributed by atoms with Crippen LogP contribution in [0.4, 0.5) is 5.69 Å². The minimum atomic E-state index is -1.09. The molecule has 0 saturated carbocycles. The molecule has 0 aliphatic carbocycles. The van der Waals surface area contributed by atoms with Crippen LogP contribution in [0.5, 0.6) is 5.75 Å². The Labute approximate surface area is 185 Å². The van der Waals surface area contributed by atoms with E-state index in [2.05, 4.69) is 12.2 Å². The maximum atomic E-state index is 12.7. The van der Waals surface area contributed by atoms with E-state index in [1.165, 1.54) is 0 Å². The summed E-state index contributed by atoms with van der Waals surface area (Å²) >= 11 is 0. The Hall–Kier alpha value is -3.02. The van der Waals surface area contributed by atoms with Gasteiger partial charge in [0.2, 0.25) is 5.91 Å². The van der Waals surface area contributed by atoms with E-state index in [-0.39, 0.29) is 18.4 Å². The van der Waals surface area contributed by atoms with Gasteiger partial charge < -0.3 is 20.5 Å². The van der Waals surface area contributed by atoms with Crippen molar-refractivity contribution in [1.82, 2.24) is 5.32 Å². The number of para-hydroxylation sites is 1. The molecular formula is C25H34N2O4. The second-order valence-corrected chi connectivity index (χ2v) is 8.04. The zero-order valence-corrected chi connectivity index (χ0v) is 18.9. The Morgan fingerprint density at radius 3 is 2.35 bits per heavy atom. The van der Waals surface area contributed by atoms with Gasteiger partial charge in [-0.25, -0.2) is 4.79 Å². The molecule has 0 saturated heterocycles. The summed E-state index contributed by atoms with van der Waals surface area (Å²) in [6.45, 7) is 7.51. The fourth-order valence-electron chi connectivity index (χ4n) is 3.29. The van der Waals surface area contributed by atoms with Gasteiger partial charge in [0.05, 0.1) is 19.1 Å². The summed E-state index contributed by atoms with van der Waals surface area (Å²) in [4.78, 5) is 24.7. The molecule has 6 heteroatoms. The van der Waals surface area contributed by atoms with Crippen molar-refractivity contribution in [1.29, 1.82) is 0 Å². The standard InChI is InChI=1S/C25H34N2O4/c1-5-7-12-22(20-10-8-9-11-21(20)26)27-23(28)17-18-13-15-19(16-14-18)31-25(3,4)24(29)30-6-2/h8-11,13-16,22H,5-7,12,17,26H2,1-4H3,(H,27,28). The van der Waals surface area contributed by atoms with E-state index in [9.17, 15) is 9.59 Å². The fraction of sp³-hybridized carbons (Fsp3) is 0.440. The predicted octanol–water partition coefficient (Wildman–Crippen LogP) is 4.58. The van der Waals surface area contributed by atoms with Crippen molar-refractivity contribution < 1.29 is 19.1 Å². The first-order valence-electron chi connectivity index (χ1n) is 10.9. The molecule has 0 radical (unpaired) electrons. The van der Waals surface area contributed by atoms with Crippen LogP contribution in [0.1, 0.15) is 64.1 Å². The number of ether oxygens (including phenoxy) is 2. The summed E-state index contributed by atoms with van der Waals surface area (Å²) in [7, 11) is 0. The number of rotatable bonds is 11. The molecule has 0 aromatic heterocycles. The van der Waals surface area contributed by atoms with Crippen LogP contribution in [0.3, 0.4) is 0 Å². The Morgan fingerprint density at radius 2 is 1.74 bits per heavy atom. The number of nitrogen functional groups attached to an aromatic ring is 1. The average molecular weight is 427 g/mol. The predicted molar refractivity (Wildman–Crippen MR) is 123 cm³/mol. The molecular weight excluding hydrogens is 392 g/mol. The van der Waals surface area contributed by atoms with E-state index in [0.717, 1.165) is 30.4 Å².